The highest BCUT2D eigenvalue weighted by Gasteiger charge is 2.21. The molecule has 0 amide bonds. The highest BCUT2D eigenvalue weighted by Crippen LogP contribution is 2.25. The number of nitrogens with one attached hydrogen (secondary N) is 1. The Bertz CT molecular complexity index is 345. The van der Waals surface area contributed by atoms with Crippen molar-refractivity contribution >= 4 is 0 Å². The second-order valence-electron chi connectivity index (χ2n) is 5.56. The van der Waals surface area contributed by atoms with E-state index in [0.29, 0.717) is 12.1 Å². The van der Waals surface area contributed by atoms with Crippen molar-refractivity contribution < 1.29 is 0 Å². The molecule has 1 fully saturated rings. The van der Waals surface area contributed by atoms with E-state index < -0.39 is 0 Å². The van der Waals surface area contributed by atoms with E-state index >= 15 is 0 Å². The molecule has 0 spiro atoms. The van der Waals surface area contributed by atoms with E-state index in [0.717, 1.165) is 5.92 Å². The normalized spacial score (nSPS) is 27.7. The quantitative estimate of drug-likeness (QED) is 0.816. The van der Waals surface area contributed by atoms with Gasteiger partial charge in [0.2, 0.25) is 0 Å². The van der Waals surface area contributed by atoms with E-state index in [-0.39, 0.29) is 0 Å². The van der Waals surface area contributed by atoms with Crippen molar-refractivity contribution in [3.63, 3.8) is 0 Å². The SMILES string of the molecule is CC(NC1CCCCCC1C)c1cnn(C)c1. The van der Waals surface area contributed by atoms with E-state index in [1.54, 1.807) is 0 Å². The van der Waals surface area contributed by atoms with Gasteiger partial charge in [-0.3, -0.25) is 4.68 Å². The van der Waals surface area contributed by atoms with Crippen LogP contribution in [0.25, 0.3) is 0 Å². The molecule has 1 aliphatic carbocycles. The van der Waals surface area contributed by atoms with Crippen LogP contribution in [0.2, 0.25) is 0 Å². The summed E-state index contributed by atoms with van der Waals surface area (Å²) >= 11 is 0. The lowest BCUT2D eigenvalue weighted by Crippen LogP contribution is -2.36. The average Bonchev–Trinajstić information content (AvgIpc) is 2.63. The highest BCUT2D eigenvalue weighted by atomic mass is 15.2. The summed E-state index contributed by atoms with van der Waals surface area (Å²) < 4.78 is 1.88. The number of hydrogen-bond acceptors (Lipinski definition) is 2. The smallest absolute Gasteiger partial charge is 0.0537 e. The molecule has 1 aromatic rings. The Kier molecular flexibility index (Phi) is 4.21. The number of rotatable bonds is 3. The minimum absolute atomic E-state index is 0.411. The molecule has 0 radical (unpaired) electrons. The Labute approximate surface area is 105 Å². The van der Waals surface area contributed by atoms with E-state index in [9.17, 15) is 0 Å². The largest absolute Gasteiger partial charge is 0.307 e. The molecule has 1 aromatic heterocycles. The summed E-state index contributed by atoms with van der Waals surface area (Å²) in [4.78, 5) is 0. The standard InChI is InChI=1S/C14H25N3/c1-11-7-5-4-6-8-14(11)16-12(2)13-9-15-17(3)10-13/h9-12,14,16H,4-8H2,1-3H3. The third kappa shape index (κ3) is 3.32. The molecule has 0 aromatic carbocycles. The fraction of sp³-hybridized carbons (Fsp3) is 0.786. The summed E-state index contributed by atoms with van der Waals surface area (Å²) in [7, 11) is 1.98. The Balaban J connectivity index is 1.94. The van der Waals surface area contributed by atoms with Gasteiger partial charge >= 0.3 is 0 Å². The van der Waals surface area contributed by atoms with Crippen LogP contribution in [0.1, 0.15) is 57.6 Å². The zero-order valence-electron chi connectivity index (χ0n) is 11.3. The van der Waals surface area contributed by atoms with Crippen molar-refractivity contribution in [2.24, 2.45) is 13.0 Å². The number of hydrogen-bond donors (Lipinski definition) is 1. The van der Waals surface area contributed by atoms with Crippen molar-refractivity contribution in [3.05, 3.63) is 18.0 Å². The highest BCUT2D eigenvalue weighted by molar-refractivity contribution is 5.09. The van der Waals surface area contributed by atoms with Crippen LogP contribution in [0.15, 0.2) is 12.4 Å². The zero-order chi connectivity index (χ0) is 12.3. The van der Waals surface area contributed by atoms with Gasteiger partial charge in [0.15, 0.2) is 0 Å². The van der Waals surface area contributed by atoms with E-state index in [2.05, 4.69) is 30.5 Å². The first kappa shape index (κ1) is 12.6. The first-order valence-electron chi connectivity index (χ1n) is 6.91. The molecule has 1 saturated carbocycles. The number of nitrogens with zero attached hydrogens (tertiary/aromatic N) is 2. The molecular weight excluding hydrogens is 210 g/mol. The van der Waals surface area contributed by atoms with Gasteiger partial charge in [0.05, 0.1) is 6.20 Å². The topological polar surface area (TPSA) is 29.9 Å². The van der Waals surface area contributed by atoms with Crippen molar-refractivity contribution in [2.45, 2.75) is 58.0 Å². The van der Waals surface area contributed by atoms with Crippen LogP contribution < -0.4 is 5.32 Å². The lowest BCUT2D eigenvalue weighted by Gasteiger charge is -2.26. The lowest BCUT2D eigenvalue weighted by atomic mass is 9.95. The number of aryl methyl sites for hydroxylation is 1. The van der Waals surface area contributed by atoms with Gasteiger partial charge in [-0.05, 0) is 25.7 Å². The first-order valence-corrected chi connectivity index (χ1v) is 6.91. The number of aromatic nitrogens is 2. The molecule has 2 rings (SSSR count). The van der Waals surface area contributed by atoms with Crippen LogP contribution in [0, 0.1) is 5.92 Å². The van der Waals surface area contributed by atoms with Gasteiger partial charge in [-0.2, -0.15) is 5.10 Å². The van der Waals surface area contributed by atoms with Gasteiger partial charge in [-0.1, -0.05) is 26.2 Å². The summed E-state index contributed by atoms with van der Waals surface area (Å²) in [6.07, 6.45) is 11.0. The lowest BCUT2D eigenvalue weighted by molar-refractivity contribution is 0.330. The zero-order valence-corrected chi connectivity index (χ0v) is 11.3. The van der Waals surface area contributed by atoms with Crippen molar-refractivity contribution in [3.8, 4) is 0 Å². The van der Waals surface area contributed by atoms with Gasteiger partial charge in [0, 0.05) is 30.9 Å². The summed E-state index contributed by atoms with van der Waals surface area (Å²) in [5, 5.41) is 8.03. The van der Waals surface area contributed by atoms with Crippen molar-refractivity contribution in [1.82, 2.24) is 15.1 Å². The fourth-order valence-corrected chi connectivity index (χ4v) is 2.82. The first-order chi connectivity index (χ1) is 8.16. The Morgan fingerprint density at radius 1 is 1.35 bits per heavy atom. The maximum absolute atomic E-state index is 4.24. The van der Waals surface area contributed by atoms with Gasteiger partial charge in [-0.15, -0.1) is 0 Å². The molecule has 0 bridgehead atoms. The van der Waals surface area contributed by atoms with Crippen LogP contribution in [0.4, 0.5) is 0 Å². The minimum Gasteiger partial charge on any atom is -0.307 e. The molecule has 1 aliphatic rings. The molecule has 3 nitrogen and oxygen atoms in total. The second kappa shape index (κ2) is 5.67. The molecule has 0 saturated heterocycles. The van der Waals surface area contributed by atoms with Gasteiger partial charge in [0.25, 0.3) is 0 Å². The second-order valence-corrected chi connectivity index (χ2v) is 5.56. The minimum atomic E-state index is 0.411. The molecule has 3 unspecified atom stereocenters. The van der Waals surface area contributed by atoms with Gasteiger partial charge in [-0.25, -0.2) is 0 Å². The third-order valence-electron chi connectivity index (χ3n) is 4.05. The monoisotopic (exact) mass is 235 g/mol. The molecule has 1 N–H and O–H groups in total. The maximum Gasteiger partial charge on any atom is 0.0537 e. The Morgan fingerprint density at radius 2 is 2.12 bits per heavy atom. The molecule has 17 heavy (non-hydrogen) atoms. The van der Waals surface area contributed by atoms with Crippen molar-refractivity contribution in [2.75, 3.05) is 0 Å². The summed E-state index contributed by atoms with van der Waals surface area (Å²) in [6, 6.07) is 1.09. The summed E-state index contributed by atoms with van der Waals surface area (Å²) in [5.74, 6) is 0.802. The van der Waals surface area contributed by atoms with Gasteiger partial charge < -0.3 is 5.32 Å². The summed E-state index contributed by atoms with van der Waals surface area (Å²) in [5.41, 5.74) is 1.30. The van der Waals surface area contributed by atoms with Gasteiger partial charge in [0.1, 0.15) is 0 Å². The Morgan fingerprint density at radius 3 is 2.82 bits per heavy atom. The molecule has 1 heterocycles. The van der Waals surface area contributed by atoms with Crippen LogP contribution >= 0.6 is 0 Å². The van der Waals surface area contributed by atoms with Crippen LogP contribution in [0.3, 0.4) is 0 Å². The predicted molar refractivity (Wildman–Crippen MR) is 70.8 cm³/mol. The Hall–Kier alpha value is -0.830. The maximum atomic E-state index is 4.24. The van der Waals surface area contributed by atoms with E-state index in [4.69, 9.17) is 0 Å². The average molecular weight is 235 g/mol. The van der Waals surface area contributed by atoms with E-state index in [1.165, 1.54) is 37.7 Å². The van der Waals surface area contributed by atoms with Crippen LogP contribution in [-0.4, -0.2) is 15.8 Å². The predicted octanol–water partition coefficient (Wildman–Crippen LogP) is 3.04. The van der Waals surface area contributed by atoms with Crippen LogP contribution in [0.5, 0.6) is 0 Å². The van der Waals surface area contributed by atoms with E-state index in [1.807, 2.05) is 17.9 Å². The van der Waals surface area contributed by atoms with Crippen LogP contribution in [-0.2, 0) is 7.05 Å². The molecule has 3 atom stereocenters. The molecule has 0 aliphatic heterocycles. The molecule has 3 heteroatoms. The fourth-order valence-electron chi connectivity index (χ4n) is 2.82. The van der Waals surface area contributed by atoms with Crippen molar-refractivity contribution in [1.29, 1.82) is 0 Å². The molecular formula is C14H25N3. The summed E-state index contributed by atoms with van der Waals surface area (Å²) in [6.45, 7) is 4.63. The third-order valence-corrected chi connectivity index (χ3v) is 4.05. The molecule has 96 valence electrons.